The highest BCUT2D eigenvalue weighted by Gasteiger charge is 2.50. The lowest BCUT2D eigenvalue weighted by molar-refractivity contribution is -0.147. The molecule has 5 nitrogen and oxygen atoms in total. The zero-order valence-corrected chi connectivity index (χ0v) is 8.51. The predicted octanol–water partition coefficient (Wildman–Crippen LogP) is 0.405. The number of carbonyl (C=O) groups is 3. The quantitative estimate of drug-likeness (QED) is 0.631. The topological polar surface area (TPSA) is 75.3 Å². The van der Waals surface area contributed by atoms with E-state index in [0.717, 1.165) is 0 Å². The van der Waals surface area contributed by atoms with Crippen LogP contribution in [0, 0.1) is 11.3 Å². The zero-order chi connectivity index (χ0) is 10.9. The fourth-order valence-electron chi connectivity index (χ4n) is 1.82. The highest BCUT2D eigenvalue weighted by molar-refractivity contribution is 6.19. The summed E-state index contributed by atoms with van der Waals surface area (Å²) in [6, 6.07) is -0.732. The van der Waals surface area contributed by atoms with E-state index in [9.17, 15) is 14.4 Å². The van der Waals surface area contributed by atoms with Gasteiger partial charge in [0.2, 0.25) is 11.8 Å². The molecule has 0 spiro atoms. The fourth-order valence-corrected chi connectivity index (χ4v) is 1.82. The Balaban J connectivity index is 3.11. The Morgan fingerprint density at radius 2 is 1.57 bits per heavy atom. The standard InChI is InChI=1S/C9H14N2O3/c1-4-9(5(2)3)6(12)10-8(14)11-7(9)13/h5H,4H2,1-3H3,(H2,10,11,12,13,14). The second-order valence-electron chi connectivity index (χ2n) is 3.72. The van der Waals surface area contributed by atoms with E-state index in [2.05, 4.69) is 10.6 Å². The van der Waals surface area contributed by atoms with Crippen molar-refractivity contribution in [3.8, 4) is 0 Å². The number of amides is 4. The van der Waals surface area contributed by atoms with Gasteiger partial charge in [-0.1, -0.05) is 20.8 Å². The third-order valence-electron chi connectivity index (χ3n) is 2.81. The first-order valence-corrected chi connectivity index (χ1v) is 4.62. The van der Waals surface area contributed by atoms with Crippen molar-refractivity contribution < 1.29 is 14.4 Å². The molecule has 1 aliphatic heterocycles. The molecule has 0 radical (unpaired) electrons. The molecule has 1 rings (SSSR count). The Morgan fingerprint density at radius 3 is 1.86 bits per heavy atom. The number of nitrogens with one attached hydrogen (secondary N) is 2. The number of carbonyl (C=O) groups excluding carboxylic acids is 3. The predicted molar refractivity (Wildman–Crippen MR) is 49.2 cm³/mol. The highest BCUT2D eigenvalue weighted by Crippen LogP contribution is 2.33. The molecule has 4 amide bonds. The summed E-state index contributed by atoms with van der Waals surface area (Å²) < 4.78 is 0. The van der Waals surface area contributed by atoms with Crippen molar-refractivity contribution in [2.75, 3.05) is 0 Å². The molecule has 0 aromatic heterocycles. The minimum absolute atomic E-state index is 0.138. The lowest BCUT2D eigenvalue weighted by Crippen LogP contribution is -2.64. The van der Waals surface area contributed by atoms with Crippen LogP contribution in [0.25, 0.3) is 0 Å². The molecular formula is C9H14N2O3. The summed E-state index contributed by atoms with van der Waals surface area (Å²) in [5.74, 6) is -1.13. The molecule has 1 fully saturated rings. The molecule has 0 atom stereocenters. The van der Waals surface area contributed by atoms with Crippen LogP contribution in [0.4, 0.5) is 4.79 Å². The molecule has 0 saturated carbocycles. The van der Waals surface area contributed by atoms with Crippen LogP contribution in [0.15, 0.2) is 0 Å². The summed E-state index contributed by atoms with van der Waals surface area (Å²) >= 11 is 0. The zero-order valence-electron chi connectivity index (χ0n) is 8.51. The molecule has 0 aliphatic carbocycles. The number of imide groups is 2. The van der Waals surface area contributed by atoms with Crippen molar-refractivity contribution in [2.24, 2.45) is 11.3 Å². The summed E-state index contributed by atoms with van der Waals surface area (Å²) in [5, 5.41) is 4.25. The molecule has 14 heavy (non-hydrogen) atoms. The molecule has 1 heterocycles. The summed E-state index contributed by atoms with van der Waals surface area (Å²) in [4.78, 5) is 34.1. The monoisotopic (exact) mass is 198 g/mol. The van der Waals surface area contributed by atoms with Crippen molar-refractivity contribution in [1.82, 2.24) is 10.6 Å². The largest absolute Gasteiger partial charge is 0.328 e. The van der Waals surface area contributed by atoms with E-state index in [-0.39, 0.29) is 5.92 Å². The molecule has 1 saturated heterocycles. The second-order valence-corrected chi connectivity index (χ2v) is 3.72. The lowest BCUT2D eigenvalue weighted by atomic mass is 9.72. The first-order chi connectivity index (χ1) is 6.45. The van der Waals surface area contributed by atoms with Crippen LogP contribution in [0.1, 0.15) is 27.2 Å². The van der Waals surface area contributed by atoms with Crippen molar-refractivity contribution >= 4 is 17.8 Å². The van der Waals surface area contributed by atoms with E-state index in [1.165, 1.54) is 0 Å². The van der Waals surface area contributed by atoms with Gasteiger partial charge in [-0.2, -0.15) is 0 Å². The van der Waals surface area contributed by atoms with Gasteiger partial charge < -0.3 is 0 Å². The third-order valence-corrected chi connectivity index (χ3v) is 2.81. The van der Waals surface area contributed by atoms with E-state index in [1.54, 1.807) is 20.8 Å². The number of hydrogen-bond donors (Lipinski definition) is 2. The Bertz CT molecular complexity index is 276. The Morgan fingerprint density at radius 1 is 1.14 bits per heavy atom. The molecular weight excluding hydrogens is 184 g/mol. The van der Waals surface area contributed by atoms with Gasteiger partial charge in [0.1, 0.15) is 5.41 Å². The second kappa shape index (κ2) is 3.40. The fraction of sp³-hybridized carbons (Fsp3) is 0.667. The van der Waals surface area contributed by atoms with E-state index >= 15 is 0 Å². The average Bonchev–Trinajstić information content (AvgIpc) is 2.03. The maximum absolute atomic E-state index is 11.6. The normalized spacial score (nSPS) is 20.7. The summed E-state index contributed by atoms with van der Waals surface area (Å²) in [5.41, 5.74) is -1.10. The minimum atomic E-state index is -1.10. The summed E-state index contributed by atoms with van der Waals surface area (Å²) in [7, 11) is 0. The molecule has 0 aromatic rings. The van der Waals surface area contributed by atoms with Crippen molar-refractivity contribution in [2.45, 2.75) is 27.2 Å². The first-order valence-electron chi connectivity index (χ1n) is 4.62. The van der Waals surface area contributed by atoms with Gasteiger partial charge in [0, 0.05) is 0 Å². The Kier molecular flexibility index (Phi) is 2.59. The maximum Gasteiger partial charge on any atom is 0.328 e. The van der Waals surface area contributed by atoms with Crippen LogP contribution >= 0.6 is 0 Å². The number of hydrogen-bond acceptors (Lipinski definition) is 3. The summed E-state index contributed by atoms with van der Waals surface area (Å²) in [6.07, 6.45) is 0.385. The van der Waals surface area contributed by atoms with E-state index in [0.29, 0.717) is 6.42 Å². The van der Waals surface area contributed by atoms with Gasteiger partial charge in [-0.25, -0.2) is 4.79 Å². The van der Waals surface area contributed by atoms with Gasteiger partial charge in [0.15, 0.2) is 0 Å². The van der Waals surface area contributed by atoms with Crippen LogP contribution < -0.4 is 10.6 Å². The van der Waals surface area contributed by atoms with Crippen LogP contribution in [-0.4, -0.2) is 17.8 Å². The molecule has 1 aliphatic rings. The Labute approximate surface area is 82.2 Å². The summed E-state index contributed by atoms with van der Waals surface area (Å²) in [6.45, 7) is 5.34. The molecule has 78 valence electrons. The number of rotatable bonds is 2. The van der Waals surface area contributed by atoms with Crippen LogP contribution in [-0.2, 0) is 9.59 Å². The number of urea groups is 1. The Hall–Kier alpha value is -1.39. The highest BCUT2D eigenvalue weighted by atomic mass is 16.2. The molecule has 0 bridgehead atoms. The minimum Gasteiger partial charge on any atom is -0.277 e. The van der Waals surface area contributed by atoms with E-state index in [4.69, 9.17) is 0 Å². The SMILES string of the molecule is CCC1(C(C)C)C(=O)NC(=O)NC1=O. The van der Waals surface area contributed by atoms with Gasteiger partial charge in [0.05, 0.1) is 0 Å². The van der Waals surface area contributed by atoms with E-state index in [1.807, 2.05) is 0 Å². The lowest BCUT2D eigenvalue weighted by Gasteiger charge is -2.36. The van der Waals surface area contributed by atoms with Gasteiger partial charge in [-0.3, -0.25) is 20.2 Å². The molecule has 0 aromatic carbocycles. The van der Waals surface area contributed by atoms with Gasteiger partial charge in [0.25, 0.3) is 0 Å². The first kappa shape index (κ1) is 10.7. The van der Waals surface area contributed by atoms with Crippen molar-refractivity contribution in [3.63, 3.8) is 0 Å². The van der Waals surface area contributed by atoms with Gasteiger partial charge in [-0.05, 0) is 12.3 Å². The maximum atomic E-state index is 11.6. The smallest absolute Gasteiger partial charge is 0.277 e. The van der Waals surface area contributed by atoms with Crippen LogP contribution in [0.5, 0.6) is 0 Å². The van der Waals surface area contributed by atoms with Crippen molar-refractivity contribution in [1.29, 1.82) is 0 Å². The van der Waals surface area contributed by atoms with Crippen LogP contribution in [0.3, 0.4) is 0 Å². The van der Waals surface area contributed by atoms with Crippen LogP contribution in [0.2, 0.25) is 0 Å². The average molecular weight is 198 g/mol. The van der Waals surface area contributed by atoms with Gasteiger partial charge in [-0.15, -0.1) is 0 Å². The van der Waals surface area contributed by atoms with Gasteiger partial charge >= 0.3 is 6.03 Å². The van der Waals surface area contributed by atoms with Crippen molar-refractivity contribution in [3.05, 3.63) is 0 Å². The molecule has 2 N–H and O–H groups in total. The number of barbiturate groups is 1. The molecule has 0 unspecified atom stereocenters. The molecule has 5 heteroatoms. The van der Waals surface area contributed by atoms with E-state index < -0.39 is 23.3 Å². The third kappa shape index (κ3) is 1.29.